The molecule has 2 aliphatic rings. The molecule has 2 nitrogen and oxygen atoms in total. The molecule has 0 amide bonds. The number of halogens is 1. The molecule has 0 spiro atoms. The highest BCUT2D eigenvalue weighted by molar-refractivity contribution is 5.21. The zero-order chi connectivity index (χ0) is 13.9. The van der Waals surface area contributed by atoms with Gasteiger partial charge in [0, 0.05) is 26.2 Å². The summed E-state index contributed by atoms with van der Waals surface area (Å²) in [5.74, 6) is 1.12. The van der Waals surface area contributed by atoms with E-state index >= 15 is 0 Å². The Morgan fingerprint density at radius 3 is 2.50 bits per heavy atom. The summed E-state index contributed by atoms with van der Waals surface area (Å²) in [7, 11) is 0. The zero-order valence-corrected chi connectivity index (χ0v) is 12.1. The molecule has 3 heteroatoms. The number of nitrogens with one attached hydrogen (secondary N) is 1. The number of piperidine rings is 1. The normalized spacial score (nSPS) is 26.4. The van der Waals surface area contributed by atoms with Crippen molar-refractivity contribution in [2.75, 3.05) is 26.2 Å². The van der Waals surface area contributed by atoms with Gasteiger partial charge in [0.1, 0.15) is 5.82 Å². The van der Waals surface area contributed by atoms with Crippen LogP contribution in [0.15, 0.2) is 36.0 Å². The van der Waals surface area contributed by atoms with Crippen LogP contribution in [0.2, 0.25) is 0 Å². The Balaban J connectivity index is 1.58. The number of hydrogen-bond donors (Lipinski definition) is 1. The van der Waals surface area contributed by atoms with E-state index in [-0.39, 0.29) is 5.82 Å². The first-order valence-electron chi connectivity index (χ1n) is 7.63. The van der Waals surface area contributed by atoms with Gasteiger partial charge in [-0.25, -0.2) is 4.39 Å². The monoisotopic (exact) mass is 274 g/mol. The van der Waals surface area contributed by atoms with Crippen LogP contribution < -0.4 is 5.32 Å². The molecule has 2 fully saturated rings. The fraction of sp³-hybridized carbons (Fsp3) is 0.529. The third kappa shape index (κ3) is 3.04. The minimum Gasteiger partial charge on any atom is -0.377 e. The van der Waals surface area contributed by atoms with E-state index in [9.17, 15) is 4.39 Å². The van der Waals surface area contributed by atoms with Gasteiger partial charge in [-0.1, -0.05) is 19.1 Å². The molecule has 0 unspecified atom stereocenters. The molecule has 20 heavy (non-hydrogen) atoms. The third-order valence-corrected chi connectivity index (χ3v) is 4.63. The molecular weight excluding hydrogens is 251 g/mol. The van der Waals surface area contributed by atoms with E-state index in [1.54, 1.807) is 12.1 Å². The summed E-state index contributed by atoms with van der Waals surface area (Å²) in [4.78, 5) is 2.46. The van der Waals surface area contributed by atoms with Crippen molar-refractivity contribution in [1.29, 1.82) is 0 Å². The Kier molecular flexibility index (Phi) is 4.06. The van der Waals surface area contributed by atoms with E-state index in [4.69, 9.17) is 0 Å². The summed E-state index contributed by atoms with van der Waals surface area (Å²) in [5, 5.41) is 3.42. The molecular formula is C17H23FN2. The average Bonchev–Trinajstić information content (AvgIpc) is 2.86. The molecule has 0 saturated carbocycles. The Labute approximate surface area is 120 Å². The first-order chi connectivity index (χ1) is 9.72. The molecule has 1 atom stereocenters. The van der Waals surface area contributed by atoms with Crippen molar-refractivity contribution < 1.29 is 4.39 Å². The highest BCUT2D eigenvalue weighted by atomic mass is 19.1. The van der Waals surface area contributed by atoms with Gasteiger partial charge in [-0.2, -0.15) is 0 Å². The number of hydrogen-bond acceptors (Lipinski definition) is 2. The highest BCUT2D eigenvalue weighted by Crippen LogP contribution is 2.29. The predicted molar refractivity (Wildman–Crippen MR) is 80.1 cm³/mol. The lowest BCUT2D eigenvalue weighted by Crippen LogP contribution is -2.29. The van der Waals surface area contributed by atoms with Crippen molar-refractivity contribution in [2.45, 2.75) is 25.7 Å². The van der Waals surface area contributed by atoms with Gasteiger partial charge < -0.3 is 10.2 Å². The quantitative estimate of drug-likeness (QED) is 0.891. The minimum atomic E-state index is -0.140. The molecule has 0 aliphatic carbocycles. The molecule has 1 N–H and O–H groups in total. The van der Waals surface area contributed by atoms with Crippen molar-refractivity contribution >= 4 is 0 Å². The van der Waals surface area contributed by atoms with Crippen LogP contribution in [0.5, 0.6) is 0 Å². The molecule has 2 saturated heterocycles. The first-order valence-corrected chi connectivity index (χ1v) is 7.63. The number of rotatable bonds is 2. The Bertz CT molecular complexity index is 472. The van der Waals surface area contributed by atoms with Gasteiger partial charge in [0.15, 0.2) is 0 Å². The Hall–Kier alpha value is -1.35. The summed E-state index contributed by atoms with van der Waals surface area (Å²) < 4.78 is 13.0. The second kappa shape index (κ2) is 5.96. The van der Waals surface area contributed by atoms with Crippen molar-refractivity contribution in [2.24, 2.45) is 5.92 Å². The maximum absolute atomic E-state index is 13.0. The summed E-state index contributed by atoms with van der Waals surface area (Å²) in [6.45, 7) is 6.66. The van der Waals surface area contributed by atoms with Gasteiger partial charge in [-0.3, -0.25) is 0 Å². The maximum atomic E-state index is 13.0. The van der Waals surface area contributed by atoms with Crippen LogP contribution in [0.25, 0.3) is 0 Å². The second-order valence-electron chi connectivity index (χ2n) is 6.10. The fourth-order valence-corrected chi connectivity index (χ4v) is 3.24. The smallest absolute Gasteiger partial charge is 0.123 e. The van der Waals surface area contributed by atoms with Crippen molar-refractivity contribution in [3.05, 3.63) is 47.4 Å². The molecule has 3 rings (SSSR count). The van der Waals surface area contributed by atoms with Crippen LogP contribution in [0.4, 0.5) is 4.39 Å². The number of likely N-dealkylation sites (tertiary alicyclic amines) is 1. The second-order valence-corrected chi connectivity index (χ2v) is 6.10. The lowest BCUT2D eigenvalue weighted by Gasteiger charge is -2.32. The SMILES string of the molecule is C[C@@H]1CNC/C1=C\N1CCC(c2ccc(F)cc2)CC1. The fourth-order valence-electron chi connectivity index (χ4n) is 3.24. The summed E-state index contributed by atoms with van der Waals surface area (Å²) in [6.07, 6.45) is 4.69. The van der Waals surface area contributed by atoms with E-state index in [0.29, 0.717) is 11.8 Å². The molecule has 0 radical (unpaired) electrons. The number of nitrogens with zero attached hydrogens (tertiary/aromatic N) is 1. The molecule has 0 bridgehead atoms. The van der Waals surface area contributed by atoms with Crippen molar-refractivity contribution in [3.63, 3.8) is 0 Å². The van der Waals surface area contributed by atoms with E-state index in [0.717, 1.165) is 39.0 Å². The van der Waals surface area contributed by atoms with Gasteiger partial charge in [0.05, 0.1) is 0 Å². The van der Waals surface area contributed by atoms with Crippen LogP contribution in [0.3, 0.4) is 0 Å². The molecule has 2 heterocycles. The van der Waals surface area contributed by atoms with E-state index in [1.165, 1.54) is 11.1 Å². The maximum Gasteiger partial charge on any atom is 0.123 e. The van der Waals surface area contributed by atoms with E-state index < -0.39 is 0 Å². The Morgan fingerprint density at radius 1 is 1.20 bits per heavy atom. The minimum absolute atomic E-state index is 0.140. The molecule has 0 aromatic heterocycles. The Morgan fingerprint density at radius 2 is 1.90 bits per heavy atom. The largest absolute Gasteiger partial charge is 0.377 e. The number of benzene rings is 1. The lowest BCUT2D eigenvalue weighted by molar-refractivity contribution is 0.281. The van der Waals surface area contributed by atoms with Crippen LogP contribution in [-0.4, -0.2) is 31.1 Å². The van der Waals surface area contributed by atoms with Gasteiger partial charge in [0.25, 0.3) is 0 Å². The zero-order valence-electron chi connectivity index (χ0n) is 12.1. The standard InChI is InChI=1S/C17H23FN2/c1-13-10-19-11-16(13)12-20-8-6-15(7-9-20)14-2-4-17(18)5-3-14/h2-5,12-13,15,19H,6-11H2,1H3/b16-12+/t13-/m1/s1. The first kappa shape index (κ1) is 13.6. The summed E-state index contributed by atoms with van der Waals surface area (Å²) in [5.41, 5.74) is 2.82. The van der Waals surface area contributed by atoms with Crippen LogP contribution in [-0.2, 0) is 0 Å². The van der Waals surface area contributed by atoms with Gasteiger partial charge in [0.2, 0.25) is 0 Å². The predicted octanol–water partition coefficient (Wildman–Crippen LogP) is 3.13. The van der Waals surface area contributed by atoms with Gasteiger partial charge >= 0.3 is 0 Å². The highest BCUT2D eigenvalue weighted by Gasteiger charge is 2.21. The van der Waals surface area contributed by atoms with E-state index in [1.807, 2.05) is 12.1 Å². The van der Waals surface area contributed by atoms with Crippen molar-refractivity contribution in [1.82, 2.24) is 10.2 Å². The summed E-state index contributed by atoms with van der Waals surface area (Å²) in [6, 6.07) is 7.04. The lowest BCUT2D eigenvalue weighted by atomic mass is 9.89. The topological polar surface area (TPSA) is 15.3 Å². The van der Waals surface area contributed by atoms with Gasteiger partial charge in [-0.05, 0) is 54.1 Å². The van der Waals surface area contributed by atoms with Crippen LogP contribution in [0, 0.1) is 11.7 Å². The van der Waals surface area contributed by atoms with Crippen LogP contribution in [0.1, 0.15) is 31.2 Å². The van der Waals surface area contributed by atoms with E-state index in [2.05, 4.69) is 23.3 Å². The molecule has 1 aromatic rings. The molecule has 108 valence electrons. The van der Waals surface area contributed by atoms with Crippen molar-refractivity contribution in [3.8, 4) is 0 Å². The third-order valence-electron chi connectivity index (χ3n) is 4.63. The average molecular weight is 274 g/mol. The van der Waals surface area contributed by atoms with Gasteiger partial charge in [-0.15, -0.1) is 0 Å². The summed E-state index contributed by atoms with van der Waals surface area (Å²) >= 11 is 0. The molecule has 1 aromatic carbocycles. The molecule has 2 aliphatic heterocycles. The van der Waals surface area contributed by atoms with Crippen LogP contribution >= 0.6 is 0 Å².